The van der Waals surface area contributed by atoms with Crippen LogP contribution in [-0.2, 0) is 31.9 Å². The van der Waals surface area contributed by atoms with Crippen molar-refractivity contribution in [3.63, 3.8) is 0 Å². The van der Waals surface area contributed by atoms with Crippen LogP contribution in [-0.4, -0.2) is 31.0 Å². The van der Waals surface area contributed by atoms with Crippen molar-refractivity contribution in [3.05, 3.63) is 29.8 Å². The first-order chi connectivity index (χ1) is 10.5. The quantitative estimate of drug-likeness (QED) is 0.789. The highest BCUT2D eigenvalue weighted by Gasteiger charge is 2.11. The number of aromatic nitrogens is 4. The van der Waals surface area contributed by atoms with E-state index >= 15 is 0 Å². The van der Waals surface area contributed by atoms with Crippen LogP contribution >= 0.6 is 11.8 Å². The van der Waals surface area contributed by atoms with Gasteiger partial charge in [0.15, 0.2) is 11.0 Å². The fraction of sp³-hybridized carbons (Fsp3) is 0.533. The Morgan fingerprint density at radius 3 is 2.77 bits per heavy atom. The monoisotopic (exact) mass is 321 g/mol. The average molecular weight is 321 g/mol. The van der Waals surface area contributed by atoms with Crippen LogP contribution in [0.1, 0.15) is 25.2 Å². The fourth-order valence-corrected chi connectivity index (χ4v) is 2.84. The lowest BCUT2D eigenvalue weighted by atomic mass is 10.2. The number of carbonyl (C=O) groups excluding carboxylic acids is 1. The zero-order chi connectivity index (χ0) is 16.1. The summed E-state index contributed by atoms with van der Waals surface area (Å²) < 4.78 is 3.87. The topological polar surface area (TPSA) is 64.7 Å². The van der Waals surface area contributed by atoms with E-state index in [0.29, 0.717) is 18.9 Å². The van der Waals surface area contributed by atoms with E-state index in [2.05, 4.69) is 29.4 Å². The van der Waals surface area contributed by atoms with Gasteiger partial charge >= 0.3 is 0 Å². The standard InChI is InChI=1S/C15H23N5OS/c1-11(2)10-22-15-18-17-13(20(15)4)8-16-14(21)7-12-5-6-19(3)9-12/h5-6,9,11H,7-8,10H2,1-4H3,(H,16,21). The smallest absolute Gasteiger partial charge is 0.224 e. The predicted octanol–water partition coefficient (Wildman–Crippen LogP) is 1.76. The normalized spacial score (nSPS) is 11.1. The van der Waals surface area contributed by atoms with E-state index in [1.807, 2.05) is 41.7 Å². The number of rotatable bonds is 7. The van der Waals surface area contributed by atoms with Gasteiger partial charge in [0.25, 0.3) is 0 Å². The Hall–Kier alpha value is -1.76. The van der Waals surface area contributed by atoms with E-state index in [9.17, 15) is 4.79 Å². The molecule has 0 saturated carbocycles. The van der Waals surface area contributed by atoms with Crippen LogP contribution in [0.4, 0.5) is 0 Å². The summed E-state index contributed by atoms with van der Waals surface area (Å²) in [5, 5.41) is 12.1. The highest BCUT2D eigenvalue weighted by atomic mass is 32.2. The van der Waals surface area contributed by atoms with Gasteiger partial charge in [0.2, 0.25) is 5.91 Å². The van der Waals surface area contributed by atoms with Crippen LogP contribution in [0.3, 0.4) is 0 Å². The maximum absolute atomic E-state index is 11.9. The first kappa shape index (κ1) is 16.6. The van der Waals surface area contributed by atoms with Gasteiger partial charge in [-0.05, 0) is 17.5 Å². The maximum atomic E-state index is 11.9. The second-order valence-electron chi connectivity index (χ2n) is 5.80. The maximum Gasteiger partial charge on any atom is 0.224 e. The minimum absolute atomic E-state index is 0.00872. The Morgan fingerprint density at radius 1 is 1.36 bits per heavy atom. The first-order valence-corrected chi connectivity index (χ1v) is 8.33. The van der Waals surface area contributed by atoms with Crippen LogP contribution in [0.15, 0.2) is 23.6 Å². The summed E-state index contributed by atoms with van der Waals surface area (Å²) in [4.78, 5) is 11.9. The molecule has 6 nitrogen and oxygen atoms in total. The number of aryl methyl sites for hydroxylation is 1. The summed E-state index contributed by atoms with van der Waals surface area (Å²) in [6, 6.07) is 1.95. The zero-order valence-corrected chi connectivity index (χ0v) is 14.4. The molecule has 1 N–H and O–H groups in total. The molecule has 0 aliphatic heterocycles. The lowest BCUT2D eigenvalue weighted by molar-refractivity contribution is -0.120. The molecule has 0 aromatic carbocycles. The molecule has 2 aromatic heterocycles. The minimum atomic E-state index is -0.00872. The molecule has 0 aliphatic rings. The Labute approximate surface area is 135 Å². The Kier molecular flexibility index (Phi) is 5.65. The van der Waals surface area contributed by atoms with E-state index in [1.54, 1.807) is 11.8 Å². The highest BCUT2D eigenvalue weighted by Crippen LogP contribution is 2.18. The van der Waals surface area contributed by atoms with Crippen molar-refractivity contribution in [2.45, 2.75) is 32.0 Å². The molecule has 120 valence electrons. The number of nitrogens with zero attached hydrogens (tertiary/aromatic N) is 4. The molecular weight excluding hydrogens is 298 g/mol. The number of carbonyl (C=O) groups is 1. The lowest BCUT2D eigenvalue weighted by Crippen LogP contribution is -2.25. The summed E-state index contributed by atoms with van der Waals surface area (Å²) in [5.74, 6) is 2.38. The number of nitrogens with one attached hydrogen (secondary N) is 1. The summed E-state index contributed by atoms with van der Waals surface area (Å²) in [6.45, 7) is 4.75. The highest BCUT2D eigenvalue weighted by molar-refractivity contribution is 7.99. The molecule has 2 heterocycles. The minimum Gasteiger partial charge on any atom is -0.357 e. The largest absolute Gasteiger partial charge is 0.357 e. The van der Waals surface area contributed by atoms with Crippen molar-refractivity contribution in [3.8, 4) is 0 Å². The van der Waals surface area contributed by atoms with E-state index in [-0.39, 0.29) is 5.91 Å². The molecule has 0 spiro atoms. The first-order valence-electron chi connectivity index (χ1n) is 7.34. The SMILES string of the molecule is CC(C)CSc1nnc(CNC(=O)Cc2ccn(C)c2)n1C. The summed E-state index contributed by atoms with van der Waals surface area (Å²) >= 11 is 1.69. The van der Waals surface area contributed by atoms with Crippen molar-refractivity contribution in [1.82, 2.24) is 24.6 Å². The van der Waals surface area contributed by atoms with Gasteiger partial charge < -0.3 is 14.5 Å². The van der Waals surface area contributed by atoms with Crippen molar-refractivity contribution in [2.75, 3.05) is 5.75 Å². The molecule has 22 heavy (non-hydrogen) atoms. The lowest BCUT2D eigenvalue weighted by Gasteiger charge is -2.06. The fourth-order valence-electron chi connectivity index (χ4n) is 1.96. The van der Waals surface area contributed by atoms with Gasteiger partial charge in [-0.3, -0.25) is 4.79 Å². The molecule has 0 aliphatic carbocycles. The van der Waals surface area contributed by atoms with Gasteiger partial charge in [-0.1, -0.05) is 25.6 Å². The zero-order valence-electron chi connectivity index (χ0n) is 13.5. The number of hydrogen-bond donors (Lipinski definition) is 1. The third kappa shape index (κ3) is 4.62. The molecular formula is C15H23N5OS. The van der Waals surface area contributed by atoms with E-state index < -0.39 is 0 Å². The second-order valence-corrected chi connectivity index (χ2v) is 6.79. The van der Waals surface area contributed by atoms with Crippen LogP contribution in [0, 0.1) is 5.92 Å². The van der Waals surface area contributed by atoms with Crippen LogP contribution in [0.5, 0.6) is 0 Å². The second kappa shape index (κ2) is 7.49. The van der Waals surface area contributed by atoms with Crippen molar-refractivity contribution >= 4 is 17.7 Å². The summed E-state index contributed by atoms with van der Waals surface area (Å²) in [7, 11) is 3.87. The molecule has 0 saturated heterocycles. The molecule has 7 heteroatoms. The summed E-state index contributed by atoms with van der Waals surface area (Å²) in [5.41, 5.74) is 1.01. The van der Waals surface area contributed by atoms with Gasteiger partial charge in [0.05, 0.1) is 13.0 Å². The molecule has 0 radical (unpaired) electrons. The van der Waals surface area contributed by atoms with Crippen LogP contribution < -0.4 is 5.32 Å². The van der Waals surface area contributed by atoms with E-state index in [1.165, 1.54) is 0 Å². The third-order valence-electron chi connectivity index (χ3n) is 3.17. The summed E-state index contributed by atoms with van der Waals surface area (Å²) in [6.07, 6.45) is 4.26. The molecule has 0 atom stereocenters. The van der Waals surface area contributed by atoms with Gasteiger partial charge in [-0.25, -0.2) is 0 Å². The van der Waals surface area contributed by atoms with Gasteiger partial charge in [-0.2, -0.15) is 0 Å². The molecule has 1 amide bonds. The predicted molar refractivity (Wildman–Crippen MR) is 87.5 cm³/mol. The number of hydrogen-bond acceptors (Lipinski definition) is 4. The van der Waals surface area contributed by atoms with Gasteiger partial charge in [0, 0.05) is 32.2 Å². The van der Waals surface area contributed by atoms with Crippen molar-refractivity contribution in [1.29, 1.82) is 0 Å². The third-order valence-corrected chi connectivity index (χ3v) is 4.62. The molecule has 2 rings (SSSR count). The van der Waals surface area contributed by atoms with Crippen molar-refractivity contribution < 1.29 is 4.79 Å². The molecule has 0 unspecified atom stereocenters. The van der Waals surface area contributed by atoms with E-state index in [4.69, 9.17) is 0 Å². The Balaban J connectivity index is 1.84. The van der Waals surface area contributed by atoms with Gasteiger partial charge in [-0.15, -0.1) is 10.2 Å². The van der Waals surface area contributed by atoms with Crippen LogP contribution in [0.2, 0.25) is 0 Å². The molecule has 0 fully saturated rings. The molecule has 2 aromatic rings. The number of thioether (sulfide) groups is 1. The van der Waals surface area contributed by atoms with Crippen molar-refractivity contribution in [2.24, 2.45) is 20.0 Å². The van der Waals surface area contributed by atoms with Gasteiger partial charge in [0.1, 0.15) is 0 Å². The number of amides is 1. The Morgan fingerprint density at radius 2 is 2.14 bits per heavy atom. The average Bonchev–Trinajstić information content (AvgIpc) is 3.01. The molecule has 0 bridgehead atoms. The Bertz CT molecular complexity index is 632. The van der Waals surface area contributed by atoms with E-state index in [0.717, 1.165) is 22.3 Å². The van der Waals surface area contributed by atoms with Crippen LogP contribution in [0.25, 0.3) is 0 Å².